The van der Waals surface area contributed by atoms with E-state index >= 15 is 0 Å². The van der Waals surface area contributed by atoms with Gasteiger partial charge in [-0.3, -0.25) is 0 Å². The highest BCUT2D eigenvalue weighted by Crippen LogP contribution is 2.26. The van der Waals surface area contributed by atoms with E-state index in [1.807, 2.05) is 42.6 Å². The molecule has 2 N–H and O–H groups in total. The van der Waals surface area contributed by atoms with Crippen LogP contribution < -0.4 is 10.6 Å². The summed E-state index contributed by atoms with van der Waals surface area (Å²) in [6, 6.07) is 10.1. The van der Waals surface area contributed by atoms with Gasteiger partial charge < -0.3 is 10.6 Å². The normalized spacial score (nSPS) is 12.2. The standard InChI is InChI=1S/C16H15N7OS/c1-10(16-17-7-8-25-16)19-13-12(18-9-11-5-3-2-4-6-11)20-14-15(21-13)23-24-22-14/h2-8,10H,9H2,1H3,(H,18,20,22)(H,19,21,23)/t10-/m0/s1. The number of rotatable bonds is 6. The van der Waals surface area contributed by atoms with Crippen molar-refractivity contribution in [2.24, 2.45) is 0 Å². The minimum absolute atomic E-state index is 0.0103. The maximum atomic E-state index is 4.72. The van der Waals surface area contributed by atoms with E-state index in [1.54, 1.807) is 17.5 Å². The Kier molecular flexibility index (Phi) is 4.21. The molecular formula is C16H15N7OS. The van der Waals surface area contributed by atoms with E-state index < -0.39 is 0 Å². The van der Waals surface area contributed by atoms with Crippen LogP contribution in [0.4, 0.5) is 11.6 Å². The fraction of sp³-hybridized carbons (Fsp3) is 0.188. The van der Waals surface area contributed by atoms with E-state index in [0.717, 1.165) is 10.6 Å². The van der Waals surface area contributed by atoms with Gasteiger partial charge in [-0.2, -0.15) is 0 Å². The van der Waals surface area contributed by atoms with E-state index in [1.165, 1.54) is 0 Å². The summed E-state index contributed by atoms with van der Waals surface area (Å²) in [5.41, 5.74) is 1.86. The second-order valence-electron chi connectivity index (χ2n) is 5.41. The molecule has 3 aromatic heterocycles. The largest absolute Gasteiger partial charge is 0.363 e. The lowest BCUT2D eigenvalue weighted by Gasteiger charge is -2.15. The van der Waals surface area contributed by atoms with E-state index in [4.69, 9.17) is 4.63 Å². The van der Waals surface area contributed by atoms with Crippen molar-refractivity contribution in [3.8, 4) is 0 Å². The van der Waals surface area contributed by atoms with Crippen molar-refractivity contribution < 1.29 is 4.63 Å². The monoisotopic (exact) mass is 353 g/mol. The molecule has 0 radical (unpaired) electrons. The van der Waals surface area contributed by atoms with Crippen LogP contribution in [0.2, 0.25) is 0 Å². The Morgan fingerprint density at radius 2 is 1.84 bits per heavy atom. The summed E-state index contributed by atoms with van der Waals surface area (Å²) in [5, 5.41) is 17.1. The maximum Gasteiger partial charge on any atom is 0.245 e. The summed E-state index contributed by atoms with van der Waals surface area (Å²) in [6.45, 7) is 2.64. The average Bonchev–Trinajstić information content (AvgIpc) is 3.32. The Morgan fingerprint density at radius 1 is 1.08 bits per heavy atom. The van der Waals surface area contributed by atoms with Gasteiger partial charge in [-0.15, -0.1) is 11.3 Å². The molecule has 4 aromatic rings. The van der Waals surface area contributed by atoms with E-state index in [2.05, 4.69) is 35.9 Å². The van der Waals surface area contributed by atoms with Crippen LogP contribution in [0, 0.1) is 0 Å². The summed E-state index contributed by atoms with van der Waals surface area (Å²) < 4.78 is 4.72. The van der Waals surface area contributed by atoms with Crippen LogP contribution in [0.3, 0.4) is 0 Å². The molecule has 126 valence electrons. The first-order chi connectivity index (χ1) is 12.3. The molecule has 0 aliphatic rings. The quantitative estimate of drug-likeness (QED) is 0.545. The smallest absolute Gasteiger partial charge is 0.245 e. The van der Waals surface area contributed by atoms with Crippen LogP contribution >= 0.6 is 11.3 Å². The number of anilines is 2. The molecule has 25 heavy (non-hydrogen) atoms. The predicted molar refractivity (Wildman–Crippen MR) is 95.3 cm³/mol. The van der Waals surface area contributed by atoms with Gasteiger partial charge in [-0.05, 0) is 22.8 Å². The zero-order chi connectivity index (χ0) is 17.1. The minimum atomic E-state index is -0.0103. The van der Waals surface area contributed by atoms with Crippen molar-refractivity contribution in [3.63, 3.8) is 0 Å². The zero-order valence-electron chi connectivity index (χ0n) is 13.4. The third-order valence-electron chi connectivity index (χ3n) is 3.59. The highest BCUT2D eigenvalue weighted by Gasteiger charge is 2.16. The van der Waals surface area contributed by atoms with Crippen LogP contribution in [-0.2, 0) is 6.54 Å². The van der Waals surface area contributed by atoms with Gasteiger partial charge in [0.15, 0.2) is 11.6 Å². The number of nitrogens with one attached hydrogen (secondary N) is 2. The molecule has 0 saturated heterocycles. The average molecular weight is 353 g/mol. The molecule has 8 nitrogen and oxygen atoms in total. The van der Waals surface area contributed by atoms with Crippen LogP contribution in [-0.4, -0.2) is 25.3 Å². The molecule has 0 spiro atoms. The topological polar surface area (TPSA) is 102 Å². The van der Waals surface area contributed by atoms with Crippen molar-refractivity contribution >= 4 is 34.3 Å². The number of hydrogen-bond donors (Lipinski definition) is 2. The molecule has 0 saturated carbocycles. The maximum absolute atomic E-state index is 4.72. The molecular weight excluding hydrogens is 338 g/mol. The van der Waals surface area contributed by atoms with Crippen LogP contribution in [0.15, 0.2) is 46.5 Å². The molecule has 9 heteroatoms. The van der Waals surface area contributed by atoms with Crippen molar-refractivity contribution in [1.29, 1.82) is 0 Å². The number of hydrogen-bond acceptors (Lipinski definition) is 9. The number of aromatic nitrogens is 5. The number of benzene rings is 1. The minimum Gasteiger partial charge on any atom is -0.363 e. The molecule has 4 rings (SSSR count). The van der Waals surface area contributed by atoms with Crippen molar-refractivity contribution in [1.82, 2.24) is 25.3 Å². The van der Waals surface area contributed by atoms with Crippen molar-refractivity contribution in [2.45, 2.75) is 19.5 Å². The molecule has 0 fully saturated rings. The summed E-state index contributed by atoms with van der Waals surface area (Å²) in [4.78, 5) is 13.3. The summed E-state index contributed by atoms with van der Waals surface area (Å²) in [5.74, 6) is 1.18. The Balaban J connectivity index is 1.61. The van der Waals surface area contributed by atoms with Gasteiger partial charge in [0.2, 0.25) is 11.3 Å². The van der Waals surface area contributed by atoms with E-state index in [-0.39, 0.29) is 6.04 Å². The molecule has 0 aliphatic carbocycles. The molecule has 0 amide bonds. The molecule has 3 heterocycles. The number of nitrogens with zero attached hydrogens (tertiary/aromatic N) is 5. The van der Waals surface area contributed by atoms with Gasteiger partial charge >= 0.3 is 0 Å². The fourth-order valence-corrected chi connectivity index (χ4v) is 3.00. The Morgan fingerprint density at radius 3 is 2.56 bits per heavy atom. The number of thiazole rings is 1. The lowest BCUT2D eigenvalue weighted by molar-refractivity contribution is 0.314. The third kappa shape index (κ3) is 3.41. The Hall–Kier alpha value is -3.07. The lowest BCUT2D eigenvalue weighted by Crippen LogP contribution is -2.12. The van der Waals surface area contributed by atoms with Crippen molar-refractivity contribution in [3.05, 3.63) is 52.5 Å². The van der Waals surface area contributed by atoms with Gasteiger partial charge in [0.1, 0.15) is 5.01 Å². The first kappa shape index (κ1) is 15.5. The second-order valence-corrected chi connectivity index (χ2v) is 6.33. The summed E-state index contributed by atoms with van der Waals surface area (Å²) in [7, 11) is 0. The van der Waals surface area contributed by atoms with E-state index in [9.17, 15) is 0 Å². The summed E-state index contributed by atoms with van der Waals surface area (Å²) in [6.07, 6.45) is 1.78. The van der Waals surface area contributed by atoms with Crippen molar-refractivity contribution in [2.75, 3.05) is 10.6 Å². The van der Waals surface area contributed by atoms with E-state index in [0.29, 0.717) is 29.5 Å². The summed E-state index contributed by atoms with van der Waals surface area (Å²) >= 11 is 1.58. The van der Waals surface area contributed by atoms with Gasteiger partial charge in [-0.1, -0.05) is 30.3 Å². The molecule has 1 aromatic carbocycles. The first-order valence-corrected chi connectivity index (χ1v) is 8.61. The van der Waals surface area contributed by atoms with Gasteiger partial charge in [0.05, 0.1) is 6.04 Å². The molecule has 1 atom stereocenters. The van der Waals surface area contributed by atoms with Crippen LogP contribution in [0.25, 0.3) is 11.3 Å². The number of fused-ring (bicyclic) bond motifs is 1. The molecule has 0 aliphatic heterocycles. The van der Waals surface area contributed by atoms with Crippen LogP contribution in [0.5, 0.6) is 0 Å². The van der Waals surface area contributed by atoms with Gasteiger partial charge in [0, 0.05) is 18.1 Å². The molecule has 0 unspecified atom stereocenters. The lowest BCUT2D eigenvalue weighted by atomic mass is 10.2. The fourth-order valence-electron chi connectivity index (χ4n) is 2.36. The SMILES string of the molecule is C[C@H](Nc1nc2nonc2nc1NCc1ccccc1)c1nccs1. The van der Waals surface area contributed by atoms with Crippen LogP contribution in [0.1, 0.15) is 23.5 Å². The highest BCUT2D eigenvalue weighted by molar-refractivity contribution is 7.09. The zero-order valence-corrected chi connectivity index (χ0v) is 14.2. The predicted octanol–water partition coefficient (Wildman–Crippen LogP) is 3.25. The third-order valence-corrected chi connectivity index (χ3v) is 4.55. The van der Waals surface area contributed by atoms with Gasteiger partial charge in [0.25, 0.3) is 0 Å². The Labute approximate surface area is 147 Å². The Bertz CT molecular complexity index is 955. The highest BCUT2D eigenvalue weighted by atomic mass is 32.1. The molecule has 0 bridgehead atoms. The second kappa shape index (κ2) is 6.81. The van der Waals surface area contributed by atoms with Gasteiger partial charge in [-0.25, -0.2) is 19.6 Å². The first-order valence-electron chi connectivity index (χ1n) is 7.73.